The molecule has 0 aromatic rings. The van der Waals surface area contributed by atoms with Crippen molar-refractivity contribution in [3.05, 3.63) is 11.6 Å². The third-order valence-corrected chi connectivity index (χ3v) is 3.37. The summed E-state index contributed by atoms with van der Waals surface area (Å²) in [5, 5.41) is 5.42. The van der Waals surface area contributed by atoms with E-state index in [-0.39, 0.29) is 11.8 Å². The molecule has 18 heavy (non-hydrogen) atoms. The highest BCUT2D eigenvalue weighted by Gasteiger charge is 2.17. The molecule has 0 aromatic heterocycles. The number of carbonyl (C=O) groups is 2. The maximum absolute atomic E-state index is 11.8. The quantitative estimate of drug-likeness (QED) is 0.505. The number of carbonyl (C=O) groups excluding carboxylic acids is 2. The molecule has 0 aromatic carbocycles. The summed E-state index contributed by atoms with van der Waals surface area (Å²) >= 11 is 4.07. The number of allylic oxidation sites excluding steroid dienone is 1. The van der Waals surface area contributed by atoms with Gasteiger partial charge in [-0.15, -0.1) is 0 Å². The fraction of sp³-hybridized carbons (Fsp3) is 0.692. The lowest BCUT2D eigenvalue weighted by molar-refractivity contribution is -0.127. The second kappa shape index (κ2) is 8.19. The molecule has 0 saturated heterocycles. The number of amides is 2. The molecular weight excluding hydrogens is 248 g/mol. The Hall–Kier alpha value is -0.970. The average molecular weight is 270 g/mol. The third-order valence-electron chi connectivity index (χ3n) is 3.01. The lowest BCUT2D eigenvalue weighted by Gasteiger charge is -2.16. The molecule has 102 valence electrons. The van der Waals surface area contributed by atoms with E-state index in [1.54, 1.807) is 0 Å². The number of hydrogen-bond acceptors (Lipinski definition) is 3. The largest absolute Gasteiger partial charge is 0.354 e. The minimum Gasteiger partial charge on any atom is -0.354 e. The SMILES string of the molecule is CC(=O)NC(CS)C(=O)NCCC1=CCCCC1. The monoisotopic (exact) mass is 270 g/mol. The van der Waals surface area contributed by atoms with Crippen LogP contribution in [0.15, 0.2) is 11.6 Å². The van der Waals surface area contributed by atoms with E-state index in [0.717, 1.165) is 19.3 Å². The molecule has 5 heteroatoms. The van der Waals surface area contributed by atoms with Crippen molar-refractivity contribution in [1.82, 2.24) is 10.6 Å². The Morgan fingerprint density at radius 1 is 1.44 bits per heavy atom. The summed E-state index contributed by atoms with van der Waals surface area (Å²) in [4.78, 5) is 22.7. The van der Waals surface area contributed by atoms with E-state index in [0.29, 0.717) is 12.3 Å². The Bertz CT molecular complexity index is 329. The van der Waals surface area contributed by atoms with Crippen LogP contribution < -0.4 is 10.6 Å². The zero-order valence-electron chi connectivity index (χ0n) is 10.9. The number of thiol groups is 1. The Morgan fingerprint density at radius 2 is 2.22 bits per heavy atom. The van der Waals surface area contributed by atoms with E-state index in [9.17, 15) is 9.59 Å². The summed E-state index contributed by atoms with van der Waals surface area (Å²) in [7, 11) is 0. The molecule has 2 N–H and O–H groups in total. The predicted octanol–water partition coefficient (Wildman–Crippen LogP) is 1.43. The molecule has 0 bridgehead atoms. The number of rotatable bonds is 6. The maximum atomic E-state index is 11.8. The molecule has 0 aliphatic heterocycles. The van der Waals surface area contributed by atoms with E-state index < -0.39 is 6.04 Å². The normalized spacial score (nSPS) is 16.7. The van der Waals surface area contributed by atoms with Gasteiger partial charge in [0.05, 0.1) is 0 Å². The smallest absolute Gasteiger partial charge is 0.243 e. The van der Waals surface area contributed by atoms with E-state index in [1.165, 1.54) is 25.3 Å². The van der Waals surface area contributed by atoms with Crippen LogP contribution in [0, 0.1) is 0 Å². The van der Waals surface area contributed by atoms with Crippen molar-refractivity contribution in [2.75, 3.05) is 12.3 Å². The molecule has 0 radical (unpaired) electrons. The summed E-state index contributed by atoms with van der Waals surface area (Å²) in [5.41, 5.74) is 1.43. The average Bonchev–Trinajstić information content (AvgIpc) is 2.36. The second-order valence-corrected chi connectivity index (χ2v) is 4.95. The van der Waals surface area contributed by atoms with Gasteiger partial charge in [0.2, 0.25) is 11.8 Å². The van der Waals surface area contributed by atoms with E-state index in [2.05, 4.69) is 29.3 Å². The van der Waals surface area contributed by atoms with E-state index >= 15 is 0 Å². The third kappa shape index (κ3) is 5.58. The highest BCUT2D eigenvalue weighted by atomic mass is 32.1. The van der Waals surface area contributed by atoms with Crippen molar-refractivity contribution in [3.8, 4) is 0 Å². The van der Waals surface area contributed by atoms with Crippen LogP contribution in [0.4, 0.5) is 0 Å². The number of nitrogens with one attached hydrogen (secondary N) is 2. The van der Waals surface area contributed by atoms with Crippen molar-refractivity contribution >= 4 is 24.4 Å². The van der Waals surface area contributed by atoms with Gasteiger partial charge in [-0.3, -0.25) is 9.59 Å². The summed E-state index contributed by atoms with van der Waals surface area (Å²) in [6.45, 7) is 2.03. The van der Waals surface area contributed by atoms with Gasteiger partial charge in [-0.25, -0.2) is 0 Å². The standard InChI is InChI=1S/C13H22N2O2S/c1-10(16)15-12(9-18)13(17)14-8-7-11-5-3-2-4-6-11/h5,12,18H,2-4,6-9H2,1H3,(H,14,17)(H,15,16). The van der Waals surface area contributed by atoms with E-state index in [4.69, 9.17) is 0 Å². The molecule has 1 unspecified atom stereocenters. The van der Waals surface area contributed by atoms with Crippen molar-refractivity contribution in [2.24, 2.45) is 0 Å². The maximum Gasteiger partial charge on any atom is 0.243 e. The van der Waals surface area contributed by atoms with Gasteiger partial charge in [-0.2, -0.15) is 12.6 Å². The first-order valence-corrected chi connectivity index (χ1v) is 7.10. The minimum atomic E-state index is -0.536. The van der Waals surface area contributed by atoms with Crippen molar-refractivity contribution in [2.45, 2.75) is 45.1 Å². The van der Waals surface area contributed by atoms with Gasteiger partial charge in [0.1, 0.15) is 6.04 Å². The minimum absolute atomic E-state index is 0.156. The van der Waals surface area contributed by atoms with Crippen LogP contribution in [0.5, 0.6) is 0 Å². The Kier molecular flexibility index (Phi) is 6.86. The first kappa shape index (κ1) is 15.1. The second-order valence-electron chi connectivity index (χ2n) is 4.58. The Labute approximate surface area is 114 Å². The zero-order valence-corrected chi connectivity index (χ0v) is 11.8. The van der Waals surface area contributed by atoms with Crippen LogP contribution >= 0.6 is 12.6 Å². The summed E-state index contributed by atoms with van der Waals surface area (Å²) in [6, 6.07) is -0.536. The molecule has 4 nitrogen and oxygen atoms in total. The van der Waals surface area contributed by atoms with Crippen molar-refractivity contribution in [1.29, 1.82) is 0 Å². The predicted molar refractivity (Wildman–Crippen MR) is 75.6 cm³/mol. The lowest BCUT2D eigenvalue weighted by Crippen LogP contribution is -2.47. The van der Waals surface area contributed by atoms with Gasteiger partial charge in [-0.05, 0) is 32.1 Å². The van der Waals surface area contributed by atoms with Gasteiger partial charge in [0.15, 0.2) is 0 Å². The lowest BCUT2D eigenvalue weighted by atomic mass is 9.97. The topological polar surface area (TPSA) is 58.2 Å². The molecule has 1 aliphatic rings. The van der Waals surface area contributed by atoms with Crippen molar-refractivity contribution < 1.29 is 9.59 Å². The van der Waals surface area contributed by atoms with Crippen LogP contribution in [-0.2, 0) is 9.59 Å². The van der Waals surface area contributed by atoms with Crippen LogP contribution in [0.2, 0.25) is 0 Å². The molecule has 0 fully saturated rings. The summed E-state index contributed by atoms with van der Waals surface area (Å²) < 4.78 is 0. The van der Waals surface area contributed by atoms with E-state index in [1.807, 2.05) is 0 Å². The van der Waals surface area contributed by atoms with Crippen LogP contribution in [0.3, 0.4) is 0 Å². The zero-order chi connectivity index (χ0) is 13.4. The summed E-state index contributed by atoms with van der Waals surface area (Å²) in [6.07, 6.45) is 8.03. The van der Waals surface area contributed by atoms with Crippen molar-refractivity contribution in [3.63, 3.8) is 0 Å². The molecule has 1 rings (SSSR count). The molecule has 1 aliphatic carbocycles. The fourth-order valence-electron chi connectivity index (χ4n) is 2.04. The highest BCUT2D eigenvalue weighted by Crippen LogP contribution is 2.19. The first-order chi connectivity index (χ1) is 8.63. The molecular formula is C13H22N2O2S. The molecule has 0 heterocycles. The number of hydrogen-bond donors (Lipinski definition) is 3. The van der Waals surface area contributed by atoms with Gasteiger partial charge in [0.25, 0.3) is 0 Å². The molecule has 2 amide bonds. The van der Waals surface area contributed by atoms with Crippen LogP contribution in [0.1, 0.15) is 39.0 Å². The Balaban J connectivity index is 2.26. The fourth-order valence-corrected chi connectivity index (χ4v) is 2.30. The van der Waals surface area contributed by atoms with Gasteiger partial charge < -0.3 is 10.6 Å². The molecule has 0 saturated carbocycles. The molecule has 1 atom stereocenters. The van der Waals surface area contributed by atoms with Gasteiger partial charge in [0, 0.05) is 19.2 Å². The van der Waals surface area contributed by atoms with Gasteiger partial charge in [-0.1, -0.05) is 11.6 Å². The highest BCUT2D eigenvalue weighted by molar-refractivity contribution is 7.80. The van der Waals surface area contributed by atoms with Gasteiger partial charge >= 0.3 is 0 Å². The Morgan fingerprint density at radius 3 is 2.78 bits per heavy atom. The first-order valence-electron chi connectivity index (χ1n) is 6.47. The van der Waals surface area contributed by atoms with Crippen LogP contribution in [-0.4, -0.2) is 30.2 Å². The molecule has 0 spiro atoms. The van der Waals surface area contributed by atoms with Crippen LogP contribution in [0.25, 0.3) is 0 Å². The summed E-state index contributed by atoms with van der Waals surface area (Å²) in [5.74, 6) is -0.0514.